The van der Waals surface area contributed by atoms with Crippen molar-refractivity contribution in [1.82, 2.24) is 20.4 Å². The van der Waals surface area contributed by atoms with Crippen LogP contribution in [-0.4, -0.2) is 57.8 Å². The predicted molar refractivity (Wildman–Crippen MR) is 127 cm³/mol. The Morgan fingerprint density at radius 3 is 2.56 bits per heavy atom. The molecular formula is C25H38N4O5. The molecule has 0 aromatic carbocycles. The summed E-state index contributed by atoms with van der Waals surface area (Å²) in [5.41, 5.74) is -0.849. The number of aliphatic hydroxyl groups is 1. The van der Waals surface area contributed by atoms with Gasteiger partial charge in [-0.2, -0.15) is 5.10 Å². The first-order valence-electron chi connectivity index (χ1n) is 12.3. The average Bonchev–Trinajstić information content (AvgIpc) is 3.14. The van der Waals surface area contributed by atoms with Crippen LogP contribution in [0.15, 0.2) is 12.3 Å². The molecule has 188 valence electrons. The lowest BCUT2D eigenvalue weighted by molar-refractivity contribution is -0.136. The van der Waals surface area contributed by atoms with E-state index < -0.39 is 17.2 Å². The maximum absolute atomic E-state index is 13.4. The lowest BCUT2D eigenvalue weighted by atomic mass is 9.52. The number of methoxy groups -OCH3 is 1. The number of rotatable bonds is 8. The Kier molecular flexibility index (Phi) is 6.68. The zero-order valence-corrected chi connectivity index (χ0v) is 20.8. The Morgan fingerprint density at radius 2 is 1.97 bits per heavy atom. The molecule has 1 heterocycles. The van der Waals surface area contributed by atoms with Crippen LogP contribution in [0.4, 0.5) is 4.79 Å². The molecule has 4 aliphatic carbocycles. The van der Waals surface area contributed by atoms with Crippen LogP contribution in [0.5, 0.6) is 5.88 Å². The molecule has 3 N–H and O–H groups in total. The number of amides is 2. The van der Waals surface area contributed by atoms with Gasteiger partial charge in [0.2, 0.25) is 5.88 Å². The third-order valence-corrected chi connectivity index (χ3v) is 7.33. The van der Waals surface area contributed by atoms with Gasteiger partial charge in [0.1, 0.15) is 5.56 Å². The number of aromatic nitrogens is 2. The molecule has 34 heavy (non-hydrogen) atoms. The minimum absolute atomic E-state index is 0.0735. The summed E-state index contributed by atoms with van der Waals surface area (Å²) in [4.78, 5) is 25.0. The number of nitrogens with one attached hydrogen (secondary N) is 2. The molecule has 4 aliphatic rings. The van der Waals surface area contributed by atoms with Crippen LogP contribution < -0.4 is 15.4 Å². The van der Waals surface area contributed by atoms with E-state index in [4.69, 9.17) is 4.74 Å². The zero-order valence-electron chi connectivity index (χ0n) is 20.8. The maximum atomic E-state index is 13.4. The van der Waals surface area contributed by atoms with Gasteiger partial charge in [0, 0.05) is 12.2 Å². The quantitative estimate of drug-likeness (QED) is 0.533. The van der Waals surface area contributed by atoms with E-state index in [1.54, 1.807) is 12.3 Å². The van der Waals surface area contributed by atoms with E-state index in [-0.39, 0.29) is 17.9 Å². The van der Waals surface area contributed by atoms with E-state index >= 15 is 0 Å². The highest BCUT2D eigenvalue weighted by Gasteiger charge is 2.55. The Balaban J connectivity index is 1.52. The van der Waals surface area contributed by atoms with Gasteiger partial charge >= 0.3 is 6.09 Å². The fraction of sp³-hybridized carbons (Fsp3) is 0.720. The van der Waals surface area contributed by atoms with Gasteiger partial charge in [-0.15, -0.1) is 0 Å². The Labute approximate surface area is 201 Å². The third-order valence-electron chi connectivity index (χ3n) is 7.33. The van der Waals surface area contributed by atoms with E-state index in [0.29, 0.717) is 35.8 Å². The summed E-state index contributed by atoms with van der Waals surface area (Å²) in [5, 5.41) is 21.2. The Bertz CT molecular complexity index is 937. The monoisotopic (exact) mass is 474 g/mol. The molecule has 4 saturated carbocycles. The summed E-state index contributed by atoms with van der Waals surface area (Å²) in [6, 6.07) is 0.0735. The number of alkyl carbamates (subject to hydrolysis) is 1. The summed E-state index contributed by atoms with van der Waals surface area (Å²) >= 11 is 0. The Morgan fingerprint density at radius 1 is 1.29 bits per heavy atom. The highest BCUT2D eigenvalue weighted by Crippen LogP contribution is 2.55. The lowest BCUT2D eigenvalue weighted by Gasteiger charge is -2.58. The van der Waals surface area contributed by atoms with Gasteiger partial charge in [0.15, 0.2) is 0 Å². The number of ether oxygens (including phenoxy) is 2. The van der Waals surface area contributed by atoms with E-state index in [1.807, 2.05) is 27.7 Å². The second kappa shape index (κ2) is 9.24. The molecule has 9 nitrogen and oxygen atoms in total. The van der Waals surface area contributed by atoms with Crippen molar-refractivity contribution in [3.63, 3.8) is 0 Å². The van der Waals surface area contributed by atoms with Crippen molar-refractivity contribution in [3.05, 3.63) is 17.8 Å². The summed E-state index contributed by atoms with van der Waals surface area (Å²) in [6.45, 7) is 8.17. The highest BCUT2D eigenvalue weighted by atomic mass is 16.5. The van der Waals surface area contributed by atoms with Gasteiger partial charge in [-0.1, -0.05) is 13.8 Å². The van der Waals surface area contributed by atoms with Crippen LogP contribution in [0.3, 0.4) is 0 Å². The summed E-state index contributed by atoms with van der Waals surface area (Å²) in [5.74, 6) is 1.66. The van der Waals surface area contributed by atoms with Crippen molar-refractivity contribution in [2.45, 2.75) is 77.0 Å². The first kappa shape index (κ1) is 24.6. The lowest BCUT2D eigenvalue weighted by Crippen LogP contribution is -2.61. The summed E-state index contributed by atoms with van der Waals surface area (Å²) in [7, 11) is 1.31. The maximum Gasteiger partial charge on any atom is 0.407 e. The van der Waals surface area contributed by atoms with Crippen LogP contribution in [0.25, 0.3) is 6.20 Å². The van der Waals surface area contributed by atoms with Crippen LogP contribution >= 0.6 is 0 Å². The topological polar surface area (TPSA) is 115 Å². The zero-order chi connectivity index (χ0) is 24.7. The molecule has 1 aromatic rings. The van der Waals surface area contributed by atoms with E-state index in [0.717, 1.165) is 32.1 Å². The number of carbonyl (C=O) groups excluding carboxylic acids is 2. The summed E-state index contributed by atoms with van der Waals surface area (Å²) in [6.07, 6.45) is 9.04. The van der Waals surface area contributed by atoms with Crippen molar-refractivity contribution in [1.29, 1.82) is 0 Å². The molecule has 0 radical (unpaired) electrons. The van der Waals surface area contributed by atoms with Gasteiger partial charge in [0.25, 0.3) is 5.91 Å². The van der Waals surface area contributed by atoms with Crippen molar-refractivity contribution in [2.75, 3.05) is 13.7 Å². The van der Waals surface area contributed by atoms with Gasteiger partial charge in [-0.3, -0.25) is 4.79 Å². The van der Waals surface area contributed by atoms with E-state index in [9.17, 15) is 14.7 Å². The molecule has 0 saturated heterocycles. The smallest absolute Gasteiger partial charge is 0.407 e. The van der Waals surface area contributed by atoms with Crippen molar-refractivity contribution in [3.8, 4) is 5.88 Å². The second-order valence-electron chi connectivity index (χ2n) is 11.4. The first-order chi connectivity index (χ1) is 16.0. The fourth-order valence-electron chi connectivity index (χ4n) is 6.06. The van der Waals surface area contributed by atoms with Crippen molar-refractivity contribution in [2.24, 2.45) is 23.7 Å². The van der Waals surface area contributed by atoms with Gasteiger partial charge in [-0.05, 0) is 75.7 Å². The van der Waals surface area contributed by atoms with E-state index in [2.05, 4.69) is 20.5 Å². The molecule has 2 amide bonds. The molecule has 2 atom stereocenters. The number of hydrogen-bond acceptors (Lipinski definition) is 6. The summed E-state index contributed by atoms with van der Waals surface area (Å²) < 4.78 is 12.2. The van der Waals surface area contributed by atoms with Crippen LogP contribution in [-0.2, 0) is 4.74 Å². The minimum atomic E-state index is -0.697. The average molecular weight is 475 g/mol. The minimum Gasteiger partial charge on any atom is -0.477 e. The molecule has 4 fully saturated rings. The van der Waals surface area contributed by atoms with Crippen LogP contribution in [0.2, 0.25) is 0 Å². The van der Waals surface area contributed by atoms with Crippen LogP contribution in [0, 0.1) is 23.7 Å². The second-order valence-corrected chi connectivity index (χ2v) is 11.4. The molecule has 0 spiro atoms. The number of hydrogen-bond donors (Lipinski definition) is 3. The number of nitrogens with zero attached hydrogens (tertiary/aromatic N) is 2. The van der Waals surface area contributed by atoms with Crippen LogP contribution in [0.1, 0.15) is 70.2 Å². The molecule has 5 rings (SSSR count). The standard InChI is InChI=1S/C25H38N4O5/c1-15(2)14-34-22-19(13-26-29(22)7-6-24(3,4)28-23(31)33-5)21(30)27-20-17-8-16-9-18(20)12-25(32,10-16)11-17/h6-7,13,15-18,20,32H,8-12,14H2,1-5H3,(H,27,30)(H,28,31)/b7-6+. The van der Waals surface area contributed by atoms with E-state index in [1.165, 1.54) is 18.0 Å². The normalized spacial score (nSPS) is 30.1. The van der Waals surface area contributed by atoms with Gasteiger partial charge < -0.3 is 25.2 Å². The van der Waals surface area contributed by atoms with Gasteiger partial charge in [-0.25, -0.2) is 9.48 Å². The number of carbonyl (C=O) groups is 2. The molecule has 9 heteroatoms. The molecule has 1 aromatic heterocycles. The largest absolute Gasteiger partial charge is 0.477 e. The molecule has 2 unspecified atom stereocenters. The SMILES string of the molecule is COC(=O)NC(C)(C)/C=C/n1ncc(C(=O)NC2C3CC4CC2CC(O)(C4)C3)c1OCC(C)C. The Hall–Kier alpha value is -2.55. The molecule has 4 bridgehead atoms. The molecule has 0 aliphatic heterocycles. The third kappa shape index (κ3) is 5.24. The highest BCUT2D eigenvalue weighted by molar-refractivity contribution is 5.96. The van der Waals surface area contributed by atoms with Crippen molar-refractivity contribution >= 4 is 18.2 Å². The molecular weight excluding hydrogens is 436 g/mol. The van der Waals surface area contributed by atoms with Gasteiger partial charge in [0.05, 0.1) is 31.1 Å². The fourth-order valence-corrected chi connectivity index (χ4v) is 6.06. The van der Waals surface area contributed by atoms with Crippen molar-refractivity contribution < 1.29 is 24.2 Å². The predicted octanol–water partition coefficient (Wildman–Crippen LogP) is 3.19. The first-order valence-corrected chi connectivity index (χ1v) is 12.3.